The third kappa shape index (κ3) is 6.89. The molecular formula is C23H31N4O4+. The SMILES string of the molecule is CCOc1ccc(NC(=O)COc2ccc(/C=N\N3CC[NH+](C)CC3)cc2OC)cc1. The molecule has 3 rings (SSSR count). The second-order valence-electron chi connectivity index (χ2n) is 7.36. The van der Waals surface area contributed by atoms with Gasteiger partial charge in [-0.3, -0.25) is 9.80 Å². The molecule has 0 atom stereocenters. The molecule has 1 aliphatic heterocycles. The maximum atomic E-state index is 12.2. The van der Waals surface area contributed by atoms with Crippen LogP contribution in [0, 0.1) is 0 Å². The first-order valence-corrected chi connectivity index (χ1v) is 10.5. The predicted octanol–water partition coefficient (Wildman–Crippen LogP) is 1.28. The van der Waals surface area contributed by atoms with E-state index in [9.17, 15) is 4.79 Å². The number of quaternary nitrogens is 1. The van der Waals surface area contributed by atoms with Crippen molar-refractivity contribution in [3.05, 3.63) is 48.0 Å². The Kier molecular flexibility index (Phi) is 8.12. The molecular weight excluding hydrogens is 396 g/mol. The second kappa shape index (κ2) is 11.2. The van der Waals surface area contributed by atoms with Crippen LogP contribution >= 0.6 is 0 Å². The number of piperazine rings is 1. The van der Waals surface area contributed by atoms with Crippen molar-refractivity contribution in [1.29, 1.82) is 0 Å². The summed E-state index contributed by atoms with van der Waals surface area (Å²) in [5.74, 6) is 1.57. The van der Waals surface area contributed by atoms with Crippen LogP contribution in [0.15, 0.2) is 47.6 Å². The molecule has 8 heteroatoms. The quantitative estimate of drug-likeness (QED) is 0.590. The molecule has 166 valence electrons. The number of rotatable bonds is 9. The molecule has 8 nitrogen and oxygen atoms in total. The van der Waals surface area contributed by atoms with E-state index in [1.807, 2.05) is 37.4 Å². The van der Waals surface area contributed by atoms with Gasteiger partial charge in [-0.15, -0.1) is 0 Å². The van der Waals surface area contributed by atoms with Gasteiger partial charge in [-0.2, -0.15) is 5.10 Å². The topological polar surface area (TPSA) is 76.8 Å². The first-order valence-electron chi connectivity index (χ1n) is 10.5. The Morgan fingerprint density at radius 3 is 2.55 bits per heavy atom. The van der Waals surface area contributed by atoms with Crippen molar-refractivity contribution in [3.63, 3.8) is 0 Å². The summed E-state index contributed by atoms with van der Waals surface area (Å²) in [6, 6.07) is 12.7. The Hall–Kier alpha value is -3.26. The predicted molar refractivity (Wildman–Crippen MR) is 121 cm³/mol. The fourth-order valence-electron chi connectivity index (χ4n) is 3.17. The van der Waals surface area contributed by atoms with Gasteiger partial charge in [0.15, 0.2) is 18.1 Å². The Morgan fingerprint density at radius 1 is 1.13 bits per heavy atom. The molecule has 0 aliphatic carbocycles. The molecule has 1 amide bonds. The summed E-state index contributed by atoms with van der Waals surface area (Å²) in [5.41, 5.74) is 1.59. The molecule has 2 N–H and O–H groups in total. The number of likely N-dealkylation sites (N-methyl/N-ethyl adjacent to an activating group) is 1. The van der Waals surface area contributed by atoms with Crippen LogP contribution < -0.4 is 24.4 Å². The molecule has 2 aromatic carbocycles. The van der Waals surface area contributed by atoms with Gasteiger partial charge in [-0.05, 0) is 55.0 Å². The van der Waals surface area contributed by atoms with E-state index in [0.29, 0.717) is 23.8 Å². The highest BCUT2D eigenvalue weighted by Gasteiger charge is 2.14. The lowest BCUT2D eigenvalue weighted by atomic mass is 10.2. The van der Waals surface area contributed by atoms with E-state index in [-0.39, 0.29) is 12.5 Å². The zero-order valence-corrected chi connectivity index (χ0v) is 18.4. The van der Waals surface area contributed by atoms with E-state index < -0.39 is 0 Å². The monoisotopic (exact) mass is 427 g/mol. The Labute approximate surface area is 183 Å². The summed E-state index contributed by atoms with van der Waals surface area (Å²) in [5, 5.41) is 9.44. The lowest BCUT2D eigenvalue weighted by molar-refractivity contribution is -0.884. The molecule has 0 radical (unpaired) electrons. The lowest BCUT2D eigenvalue weighted by Gasteiger charge is -2.27. The average molecular weight is 428 g/mol. The molecule has 0 saturated carbocycles. The number of hydrogen-bond donors (Lipinski definition) is 2. The number of carbonyl (C=O) groups excluding carboxylic acids is 1. The third-order valence-corrected chi connectivity index (χ3v) is 4.96. The summed E-state index contributed by atoms with van der Waals surface area (Å²) < 4.78 is 16.5. The van der Waals surface area contributed by atoms with Crippen LogP contribution in [0.4, 0.5) is 5.69 Å². The van der Waals surface area contributed by atoms with Crippen LogP contribution in [0.2, 0.25) is 0 Å². The van der Waals surface area contributed by atoms with E-state index in [0.717, 1.165) is 37.5 Å². The summed E-state index contributed by atoms with van der Waals surface area (Å²) in [6.45, 7) is 6.48. The highest BCUT2D eigenvalue weighted by molar-refractivity contribution is 5.92. The van der Waals surface area contributed by atoms with E-state index >= 15 is 0 Å². The first kappa shape index (κ1) is 22.4. The van der Waals surface area contributed by atoms with Crippen LogP contribution in [0.5, 0.6) is 17.2 Å². The maximum Gasteiger partial charge on any atom is 0.262 e. The fourth-order valence-corrected chi connectivity index (χ4v) is 3.17. The van der Waals surface area contributed by atoms with E-state index in [2.05, 4.69) is 22.5 Å². The van der Waals surface area contributed by atoms with Crippen LogP contribution in [0.3, 0.4) is 0 Å². The summed E-state index contributed by atoms with van der Waals surface area (Å²) in [7, 11) is 3.77. The Bertz CT molecular complexity index is 878. The lowest BCUT2D eigenvalue weighted by Crippen LogP contribution is -3.11. The average Bonchev–Trinajstić information content (AvgIpc) is 2.79. The van der Waals surface area contributed by atoms with Crippen molar-refractivity contribution in [1.82, 2.24) is 5.01 Å². The molecule has 1 heterocycles. The van der Waals surface area contributed by atoms with Crippen LogP contribution in [-0.4, -0.2) is 70.7 Å². The number of carbonyl (C=O) groups is 1. The maximum absolute atomic E-state index is 12.2. The number of methoxy groups -OCH3 is 1. The van der Waals surface area contributed by atoms with Gasteiger partial charge in [0, 0.05) is 5.69 Å². The summed E-state index contributed by atoms with van der Waals surface area (Å²) >= 11 is 0. The normalized spacial score (nSPS) is 14.5. The van der Waals surface area contributed by atoms with Crippen molar-refractivity contribution < 1.29 is 23.9 Å². The first-order chi connectivity index (χ1) is 15.1. The van der Waals surface area contributed by atoms with E-state index in [4.69, 9.17) is 14.2 Å². The van der Waals surface area contributed by atoms with Gasteiger partial charge in [0.25, 0.3) is 5.91 Å². The molecule has 0 aromatic heterocycles. The number of hydrazone groups is 1. The number of nitrogens with zero attached hydrogens (tertiary/aromatic N) is 2. The van der Waals surface area contributed by atoms with Crippen LogP contribution in [-0.2, 0) is 4.79 Å². The molecule has 1 saturated heterocycles. The molecule has 1 aliphatic rings. The van der Waals surface area contributed by atoms with Crippen molar-refractivity contribution in [2.75, 3.05) is 58.9 Å². The van der Waals surface area contributed by atoms with Gasteiger partial charge in [0.1, 0.15) is 5.75 Å². The van der Waals surface area contributed by atoms with Crippen molar-refractivity contribution in [2.24, 2.45) is 5.10 Å². The zero-order valence-electron chi connectivity index (χ0n) is 18.4. The van der Waals surface area contributed by atoms with Gasteiger partial charge >= 0.3 is 0 Å². The third-order valence-electron chi connectivity index (χ3n) is 4.96. The van der Waals surface area contributed by atoms with Crippen LogP contribution in [0.25, 0.3) is 0 Å². The number of hydrogen-bond acceptors (Lipinski definition) is 6. The summed E-state index contributed by atoms with van der Waals surface area (Å²) in [6.07, 6.45) is 1.82. The smallest absolute Gasteiger partial charge is 0.262 e. The number of nitrogens with one attached hydrogen (secondary N) is 2. The second-order valence-corrected chi connectivity index (χ2v) is 7.36. The Morgan fingerprint density at radius 2 is 1.87 bits per heavy atom. The minimum Gasteiger partial charge on any atom is -0.494 e. The molecule has 31 heavy (non-hydrogen) atoms. The van der Waals surface area contributed by atoms with Crippen molar-refractivity contribution in [2.45, 2.75) is 6.92 Å². The fraction of sp³-hybridized carbons (Fsp3) is 0.391. The van der Waals surface area contributed by atoms with Gasteiger partial charge in [-0.1, -0.05) is 0 Å². The minimum atomic E-state index is -0.256. The highest BCUT2D eigenvalue weighted by Crippen LogP contribution is 2.27. The number of anilines is 1. The molecule has 0 bridgehead atoms. The highest BCUT2D eigenvalue weighted by atomic mass is 16.5. The largest absolute Gasteiger partial charge is 0.494 e. The zero-order chi connectivity index (χ0) is 22.1. The number of ether oxygens (including phenoxy) is 3. The van der Waals surface area contributed by atoms with Crippen molar-refractivity contribution >= 4 is 17.8 Å². The standard InChI is InChI=1S/C23H30N4O4/c1-4-30-20-8-6-19(7-9-20)25-23(28)17-31-21-10-5-18(15-22(21)29-3)16-24-27-13-11-26(2)12-14-27/h5-10,15-16H,4,11-14,17H2,1-3H3,(H,25,28)/p+1/b24-16-. The molecule has 0 unspecified atom stereocenters. The Balaban J connectivity index is 1.53. The van der Waals surface area contributed by atoms with E-state index in [1.54, 1.807) is 25.3 Å². The summed E-state index contributed by atoms with van der Waals surface area (Å²) in [4.78, 5) is 13.8. The molecule has 0 spiro atoms. The van der Waals surface area contributed by atoms with Gasteiger partial charge < -0.3 is 24.4 Å². The van der Waals surface area contributed by atoms with Gasteiger partial charge in [0.05, 0.1) is 53.2 Å². The molecule has 1 fully saturated rings. The minimum absolute atomic E-state index is 0.124. The van der Waals surface area contributed by atoms with E-state index in [1.165, 1.54) is 4.90 Å². The van der Waals surface area contributed by atoms with Crippen molar-refractivity contribution in [3.8, 4) is 17.2 Å². The van der Waals surface area contributed by atoms with Gasteiger partial charge in [-0.25, -0.2) is 0 Å². The molecule has 2 aromatic rings. The number of amides is 1. The van der Waals surface area contributed by atoms with Gasteiger partial charge in [0.2, 0.25) is 0 Å². The van der Waals surface area contributed by atoms with Crippen LogP contribution in [0.1, 0.15) is 12.5 Å². The number of benzene rings is 2.